The molecule has 3 N–H and O–H groups in total. The molecule has 1 aromatic heterocycles. The molecule has 3 aromatic carbocycles. The number of aromatic carboxylic acids is 1. The number of hydrogen-bond donors (Lipinski definition) is 3. The molecule has 2 amide bonds. The van der Waals surface area contributed by atoms with Gasteiger partial charge in [0.1, 0.15) is 11.5 Å². The van der Waals surface area contributed by atoms with Gasteiger partial charge in [0.05, 0.1) is 23.8 Å². The van der Waals surface area contributed by atoms with Crippen LogP contribution in [0.15, 0.2) is 91.1 Å². The van der Waals surface area contributed by atoms with Gasteiger partial charge in [-0.15, -0.1) is 0 Å². The fraction of sp³-hybridized carbons (Fsp3) is 0.212. The van der Waals surface area contributed by atoms with Crippen LogP contribution in [-0.2, 0) is 11.2 Å². The number of nitrogens with one attached hydrogen (secondary N) is 2. The van der Waals surface area contributed by atoms with Crippen LogP contribution in [0.1, 0.15) is 52.0 Å². The second kappa shape index (κ2) is 13.8. The van der Waals surface area contributed by atoms with Crippen molar-refractivity contribution in [1.29, 1.82) is 0 Å². The lowest BCUT2D eigenvalue weighted by Gasteiger charge is -2.29. The van der Waals surface area contributed by atoms with Gasteiger partial charge in [-0.25, -0.2) is 9.78 Å². The number of amides is 2. The Labute approximate surface area is 253 Å². The summed E-state index contributed by atoms with van der Waals surface area (Å²) in [4.78, 5) is 40.5. The van der Waals surface area contributed by atoms with Crippen molar-refractivity contribution in [2.75, 3.05) is 5.32 Å². The number of hydrogen-bond acceptors (Lipinski definition) is 6. The maximum atomic E-state index is 12.5. The first-order chi connectivity index (χ1) is 20.8. The number of para-hydroxylation sites is 1. The van der Waals surface area contributed by atoms with Gasteiger partial charge in [-0.3, -0.25) is 9.59 Å². The number of carbonyl (C=O) groups is 3. The molecule has 0 unspecified atom stereocenters. The van der Waals surface area contributed by atoms with Crippen LogP contribution >= 0.6 is 11.6 Å². The fourth-order valence-corrected chi connectivity index (χ4v) is 4.95. The third-order valence-electron chi connectivity index (χ3n) is 7.06. The van der Waals surface area contributed by atoms with Gasteiger partial charge in [-0.1, -0.05) is 29.8 Å². The third-order valence-corrected chi connectivity index (χ3v) is 7.31. The van der Waals surface area contributed by atoms with Crippen molar-refractivity contribution in [3.05, 3.63) is 113 Å². The van der Waals surface area contributed by atoms with Crippen molar-refractivity contribution in [2.45, 2.75) is 44.2 Å². The number of anilines is 1. The van der Waals surface area contributed by atoms with Crippen LogP contribution in [0.3, 0.4) is 0 Å². The van der Waals surface area contributed by atoms with E-state index in [-0.39, 0.29) is 41.6 Å². The van der Waals surface area contributed by atoms with Crippen LogP contribution in [0.25, 0.3) is 0 Å². The minimum absolute atomic E-state index is 0.0257. The number of nitrogens with zero attached hydrogens (tertiary/aromatic N) is 1. The van der Waals surface area contributed by atoms with E-state index in [1.54, 1.807) is 72.9 Å². The summed E-state index contributed by atoms with van der Waals surface area (Å²) in [6, 6.07) is 23.9. The van der Waals surface area contributed by atoms with Gasteiger partial charge >= 0.3 is 5.97 Å². The zero-order chi connectivity index (χ0) is 30.2. The second-order valence-corrected chi connectivity index (χ2v) is 10.7. The first-order valence-corrected chi connectivity index (χ1v) is 14.3. The summed E-state index contributed by atoms with van der Waals surface area (Å²) in [5, 5.41) is 15.6. The molecule has 0 aliphatic heterocycles. The standard InChI is InChI=1S/C33H30ClN3O6/c34-23-8-6-22(7-9-23)32(39)36-24-10-12-25(13-11-24)42-26-14-16-27(17-15-26)43-31-18-5-21(20-35-31)19-30(38)37-29-4-2-1-3-28(29)33(40)41/h1-9,14-18,20,24-25H,10-13,19H2,(H,36,39)(H,37,38)(H,40,41). The summed E-state index contributed by atoms with van der Waals surface area (Å²) >= 11 is 5.91. The molecule has 0 atom stereocenters. The number of halogens is 1. The molecular formula is C33H30ClN3O6. The molecule has 10 heteroatoms. The van der Waals surface area contributed by atoms with Gasteiger partial charge in [-0.2, -0.15) is 0 Å². The summed E-state index contributed by atoms with van der Waals surface area (Å²) in [6.07, 6.45) is 5.00. The summed E-state index contributed by atoms with van der Waals surface area (Å²) in [7, 11) is 0. The highest BCUT2D eigenvalue weighted by Crippen LogP contribution is 2.27. The van der Waals surface area contributed by atoms with Crippen LogP contribution in [0, 0.1) is 0 Å². The normalized spacial score (nSPS) is 16.1. The fourth-order valence-electron chi connectivity index (χ4n) is 4.83. The zero-order valence-electron chi connectivity index (χ0n) is 23.2. The second-order valence-electron chi connectivity index (χ2n) is 10.2. The molecular weight excluding hydrogens is 570 g/mol. The van der Waals surface area contributed by atoms with Crippen LogP contribution < -0.4 is 20.1 Å². The molecule has 1 aliphatic rings. The number of carboxylic acid groups (broad SMARTS) is 1. The van der Waals surface area contributed by atoms with Crippen molar-refractivity contribution in [3.8, 4) is 17.4 Å². The van der Waals surface area contributed by atoms with E-state index in [2.05, 4.69) is 15.6 Å². The topological polar surface area (TPSA) is 127 Å². The van der Waals surface area contributed by atoms with E-state index in [1.165, 1.54) is 6.07 Å². The summed E-state index contributed by atoms with van der Waals surface area (Å²) < 4.78 is 12.0. The van der Waals surface area contributed by atoms with Crippen LogP contribution in [0.2, 0.25) is 5.02 Å². The molecule has 9 nitrogen and oxygen atoms in total. The molecule has 4 aromatic rings. The van der Waals surface area contributed by atoms with E-state index in [1.807, 2.05) is 12.1 Å². The van der Waals surface area contributed by atoms with Gasteiger partial charge in [0, 0.05) is 28.9 Å². The number of rotatable bonds is 10. The summed E-state index contributed by atoms with van der Waals surface area (Å²) in [6.45, 7) is 0. The van der Waals surface area contributed by atoms with Gasteiger partial charge in [0.2, 0.25) is 11.8 Å². The van der Waals surface area contributed by atoms with Crippen molar-refractivity contribution >= 4 is 35.1 Å². The number of benzene rings is 3. The zero-order valence-corrected chi connectivity index (χ0v) is 23.9. The average molecular weight is 600 g/mol. The first kappa shape index (κ1) is 29.6. The Morgan fingerprint density at radius 2 is 1.56 bits per heavy atom. The van der Waals surface area contributed by atoms with Crippen molar-refractivity contribution < 1.29 is 29.0 Å². The van der Waals surface area contributed by atoms with Gasteiger partial charge < -0.3 is 25.2 Å². The number of ether oxygens (including phenoxy) is 2. The molecule has 0 bridgehead atoms. The molecule has 5 rings (SSSR count). The van der Waals surface area contributed by atoms with Crippen LogP contribution in [-0.4, -0.2) is 40.0 Å². The molecule has 43 heavy (non-hydrogen) atoms. The molecule has 1 saturated carbocycles. The Kier molecular flexibility index (Phi) is 9.53. The van der Waals surface area contributed by atoms with Crippen LogP contribution in [0.4, 0.5) is 5.69 Å². The third kappa shape index (κ3) is 8.33. The minimum atomic E-state index is -1.11. The largest absolute Gasteiger partial charge is 0.490 e. The Morgan fingerprint density at radius 1 is 0.860 bits per heavy atom. The number of aromatic nitrogens is 1. The SMILES string of the molecule is O=C(Cc1ccc(Oc2ccc(OC3CCC(NC(=O)c4ccc(Cl)cc4)CC3)cc2)nc1)Nc1ccccc1C(=O)O. The summed E-state index contributed by atoms with van der Waals surface area (Å²) in [5.74, 6) is 0.137. The molecule has 0 radical (unpaired) electrons. The lowest BCUT2D eigenvalue weighted by molar-refractivity contribution is -0.115. The molecule has 1 heterocycles. The number of carboxylic acids is 1. The van der Waals surface area contributed by atoms with E-state index in [9.17, 15) is 19.5 Å². The average Bonchev–Trinajstić information content (AvgIpc) is 3.00. The minimum Gasteiger partial charge on any atom is -0.490 e. The van der Waals surface area contributed by atoms with E-state index in [4.69, 9.17) is 21.1 Å². The van der Waals surface area contributed by atoms with Crippen molar-refractivity contribution in [2.24, 2.45) is 0 Å². The van der Waals surface area contributed by atoms with Crippen molar-refractivity contribution in [3.63, 3.8) is 0 Å². The van der Waals surface area contributed by atoms with Crippen molar-refractivity contribution in [1.82, 2.24) is 10.3 Å². The molecule has 1 aliphatic carbocycles. The summed E-state index contributed by atoms with van der Waals surface area (Å²) in [5.41, 5.74) is 1.52. The predicted octanol–water partition coefficient (Wildman–Crippen LogP) is 6.53. The maximum absolute atomic E-state index is 12.5. The number of carbonyl (C=O) groups excluding carboxylic acids is 2. The molecule has 0 spiro atoms. The van der Waals surface area contributed by atoms with E-state index in [0.717, 1.165) is 31.4 Å². The highest BCUT2D eigenvalue weighted by atomic mass is 35.5. The van der Waals surface area contributed by atoms with Gasteiger partial charge in [0.15, 0.2) is 0 Å². The van der Waals surface area contributed by atoms with Gasteiger partial charge in [-0.05, 0) is 91.9 Å². The predicted molar refractivity (Wildman–Crippen MR) is 162 cm³/mol. The Hall–Kier alpha value is -4.89. The first-order valence-electron chi connectivity index (χ1n) is 13.9. The Morgan fingerprint density at radius 3 is 2.23 bits per heavy atom. The number of pyridine rings is 1. The Balaban J connectivity index is 1.06. The maximum Gasteiger partial charge on any atom is 0.337 e. The van der Waals surface area contributed by atoms with E-state index < -0.39 is 5.97 Å². The monoisotopic (exact) mass is 599 g/mol. The van der Waals surface area contributed by atoms with Crippen LogP contribution in [0.5, 0.6) is 17.4 Å². The quantitative estimate of drug-likeness (QED) is 0.189. The highest BCUT2D eigenvalue weighted by Gasteiger charge is 2.24. The smallest absolute Gasteiger partial charge is 0.337 e. The highest BCUT2D eigenvalue weighted by molar-refractivity contribution is 6.30. The Bertz CT molecular complexity index is 1570. The van der Waals surface area contributed by atoms with E-state index >= 15 is 0 Å². The lowest BCUT2D eigenvalue weighted by atomic mass is 9.92. The van der Waals surface area contributed by atoms with Gasteiger partial charge in [0.25, 0.3) is 5.91 Å². The lowest BCUT2D eigenvalue weighted by Crippen LogP contribution is -2.39. The molecule has 1 fully saturated rings. The molecule has 0 saturated heterocycles. The molecule has 220 valence electrons. The van der Waals surface area contributed by atoms with E-state index in [0.29, 0.717) is 27.8 Å².